The van der Waals surface area contributed by atoms with Gasteiger partial charge < -0.3 is 67.3 Å². The summed E-state index contributed by atoms with van der Waals surface area (Å²) in [5.41, 5.74) is 2.83. The second kappa shape index (κ2) is 54.8. The Morgan fingerprint density at radius 2 is 0.381 bits per heavy atom. The van der Waals surface area contributed by atoms with Gasteiger partial charge >= 0.3 is 47.8 Å². The van der Waals surface area contributed by atoms with Crippen LogP contribution in [0.2, 0.25) is 0 Å². The highest BCUT2D eigenvalue weighted by Crippen LogP contribution is 2.29. The number of hydrogen-bond acceptors (Lipinski definition) is 24. The number of esters is 8. The topological polar surface area (TPSA) is 339 Å². The van der Waals surface area contributed by atoms with Crippen molar-refractivity contribution in [1.29, 1.82) is 0 Å². The van der Waals surface area contributed by atoms with Gasteiger partial charge in [-0.3, -0.25) is 48.2 Å². The number of amides is 6. The smallest absolute Gasteiger partial charge is 0.329 e. The number of nitrogens with zero attached hydrogens (tertiary/aromatic N) is 8. The summed E-state index contributed by atoms with van der Waals surface area (Å²) in [6, 6.07) is 27.5. The van der Waals surface area contributed by atoms with Crippen molar-refractivity contribution in [3.63, 3.8) is 0 Å². The van der Waals surface area contributed by atoms with E-state index < -0.39 is 180 Å². The summed E-state index contributed by atoms with van der Waals surface area (Å²) in [6.45, 7) is 36.9. The number of carbonyl (C=O) groups is 14. The lowest BCUT2D eigenvalue weighted by molar-refractivity contribution is -0.176. The fourth-order valence-corrected chi connectivity index (χ4v) is 16.6. The van der Waals surface area contributed by atoms with Crippen LogP contribution in [0.25, 0.3) is 0 Å². The highest BCUT2D eigenvalue weighted by atomic mass is 16.6. The van der Waals surface area contributed by atoms with Crippen molar-refractivity contribution >= 4 is 83.2 Å². The van der Waals surface area contributed by atoms with Crippen LogP contribution in [0.5, 0.6) is 0 Å². The van der Waals surface area contributed by atoms with E-state index in [1.807, 2.05) is 171 Å². The maximum Gasteiger partial charge on any atom is 0.329 e. The fraction of sp³-hybridized carbons (Fsp3) is 0.635. The summed E-state index contributed by atoms with van der Waals surface area (Å²) >= 11 is 0. The Morgan fingerprint density at radius 1 is 0.224 bits per heavy atom. The quantitative estimate of drug-likeness (QED) is 0.0464. The third-order valence-electron chi connectivity index (χ3n) is 23.9. The molecule has 4 aromatic carbocycles. The van der Waals surface area contributed by atoms with Crippen molar-refractivity contribution in [3.8, 4) is 0 Å². The Kier molecular flexibility index (Phi) is 46.6. The number of likely N-dealkylation sites (N-methyl/N-ethyl adjacent to an activating group) is 8. The van der Waals surface area contributed by atoms with Crippen molar-refractivity contribution in [3.05, 3.63) is 144 Å². The molecule has 6 amide bonds. The maximum atomic E-state index is 14.6. The Morgan fingerprint density at radius 3 is 0.567 bits per heavy atom. The van der Waals surface area contributed by atoms with Crippen LogP contribution in [0.4, 0.5) is 0 Å². The summed E-state index contributed by atoms with van der Waals surface area (Å²) in [6.07, 6.45) is -8.16. The van der Waals surface area contributed by atoms with Crippen LogP contribution in [0.3, 0.4) is 0 Å². The predicted molar refractivity (Wildman–Crippen MR) is 510 cm³/mol. The molecule has 2 saturated heterocycles. The molecule has 0 aromatic heterocycles. The molecule has 0 spiro atoms. The van der Waals surface area contributed by atoms with Gasteiger partial charge in [-0.2, -0.15) is 0 Å². The van der Waals surface area contributed by atoms with E-state index in [4.69, 9.17) is 37.9 Å². The molecule has 134 heavy (non-hydrogen) atoms. The average Bonchev–Trinajstić information content (AvgIpc) is 0.821. The molecule has 30 heteroatoms. The van der Waals surface area contributed by atoms with Crippen molar-refractivity contribution < 1.29 is 105 Å². The molecule has 0 saturated carbocycles. The van der Waals surface area contributed by atoms with Gasteiger partial charge in [0.2, 0.25) is 0 Å². The zero-order valence-corrected chi connectivity index (χ0v) is 84.9. The number of rotatable bonds is 24. The van der Waals surface area contributed by atoms with Crippen molar-refractivity contribution in [2.24, 2.45) is 47.3 Å². The number of carbonyl (C=O) groups excluding carboxylic acids is 14. The minimum atomic E-state index is -1.47. The normalized spacial score (nSPS) is 25.6. The predicted octanol–water partition coefficient (Wildman–Crippen LogP) is 12.3. The third kappa shape index (κ3) is 35.9. The van der Waals surface area contributed by atoms with Gasteiger partial charge in [0.05, 0.1) is 0 Å². The zero-order chi connectivity index (χ0) is 101. The molecule has 6 rings (SSSR count). The van der Waals surface area contributed by atoms with Gasteiger partial charge in [0, 0.05) is 81.1 Å². The molecule has 0 bridgehead atoms. The van der Waals surface area contributed by atoms with Gasteiger partial charge in [-0.05, 0) is 163 Å². The van der Waals surface area contributed by atoms with Crippen LogP contribution in [0, 0.1) is 47.3 Å². The van der Waals surface area contributed by atoms with Crippen LogP contribution < -0.4 is 0 Å². The van der Waals surface area contributed by atoms with E-state index in [0.29, 0.717) is 24.0 Å². The minimum absolute atomic E-state index is 0.0191. The molecule has 2 heterocycles. The molecule has 30 nitrogen and oxygen atoms in total. The summed E-state index contributed by atoms with van der Waals surface area (Å²) in [5.74, 6) is -10.7. The first-order chi connectivity index (χ1) is 62.8. The highest BCUT2D eigenvalue weighted by Gasteiger charge is 2.46. The van der Waals surface area contributed by atoms with E-state index in [9.17, 15) is 67.1 Å². The first-order valence-electron chi connectivity index (χ1n) is 47.6. The number of ether oxygens (including phenoxy) is 8. The van der Waals surface area contributed by atoms with Crippen LogP contribution in [0.15, 0.2) is 121 Å². The average molecular weight is 1870 g/mol. The van der Waals surface area contributed by atoms with Crippen molar-refractivity contribution in [2.45, 2.75) is 313 Å². The fourth-order valence-electron chi connectivity index (χ4n) is 16.6. The van der Waals surface area contributed by atoms with E-state index in [0.717, 1.165) is 30.7 Å². The van der Waals surface area contributed by atoms with Gasteiger partial charge in [0.1, 0.15) is 60.5 Å². The summed E-state index contributed by atoms with van der Waals surface area (Å²) in [5, 5.41) is 0. The van der Waals surface area contributed by atoms with Crippen LogP contribution in [-0.4, -0.2) is 289 Å². The monoisotopic (exact) mass is 1870 g/mol. The van der Waals surface area contributed by atoms with Gasteiger partial charge in [-0.15, -0.1) is 0 Å². The second-order valence-electron chi connectivity index (χ2n) is 39.9. The van der Waals surface area contributed by atoms with E-state index >= 15 is 0 Å². The molecule has 2 aliphatic rings. The maximum absolute atomic E-state index is 14.6. The minimum Gasteiger partial charge on any atom is -0.460 e. The summed E-state index contributed by atoms with van der Waals surface area (Å²) in [7, 11) is 12.1. The molecular formula is C104H156N8O22. The molecule has 2 fully saturated rings. The van der Waals surface area contributed by atoms with E-state index in [-0.39, 0.29) is 125 Å². The van der Waals surface area contributed by atoms with Gasteiger partial charge in [0.25, 0.3) is 35.4 Å². The van der Waals surface area contributed by atoms with E-state index in [1.165, 1.54) is 65.9 Å². The molecule has 0 aliphatic carbocycles. The Hall–Kier alpha value is -10.6. The van der Waals surface area contributed by atoms with Gasteiger partial charge in [0.15, 0.2) is 36.6 Å². The molecular weight excluding hydrogens is 1710 g/mol. The summed E-state index contributed by atoms with van der Waals surface area (Å²) in [4.78, 5) is 212. The Balaban J connectivity index is 0.000000474. The van der Waals surface area contributed by atoms with Crippen molar-refractivity contribution in [1.82, 2.24) is 39.2 Å². The number of hydrogen-bond donors (Lipinski definition) is 0. The highest BCUT2D eigenvalue weighted by molar-refractivity contribution is 5.96. The summed E-state index contributed by atoms with van der Waals surface area (Å²) < 4.78 is 48.3. The van der Waals surface area contributed by atoms with Crippen LogP contribution >= 0.6 is 0 Å². The largest absolute Gasteiger partial charge is 0.460 e. The molecule has 2 aliphatic heterocycles. The molecule has 0 N–H and O–H groups in total. The molecule has 744 valence electrons. The van der Waals surface area contributed by atoms with E-state index in [1.54, 1.807) is 98.4 Å². The number of cyclic esters (lactones) is 8. The lowest BCUT2D eigenvalue weighted by atomic mass is 10.00. The Bertz CT molecular complexity index is 4140. The lowest BCUT2D eigenvalue weighted by Crippen LogP contribution is -2.55. The van der Waals surface area contributed by atoms with Crippen LogP contribution in [-0.2, 0) is 131 Å². The lowest BCUT2D eigenvalue weighted by Gasteiger charge is -2.35. The van der Waals surface area contributed by atoms with Crippen LogP contribution in [0.1, 0.15) is 212 Å². The van der Waals surface area contributed by atoms with Gasteiger partial charge in [-0.1, -0.05) is 232 Å². The molecule has 0 radical (unpaired) electrons. The molecule has 0 unspecified atom stereocenters. The standard InChI is InChI=1S/C52H76N4O12.C52H80N4O10/c1-31(2)25-39-49(61)65-35(9)45(57)53(11)42(28-34(7)8)52(64)68-44(30-38-23-19-16-20-24-38)48(60)56(14)40(26-32(3)4)50(62)66-36(10)46(58)54(12)41(27-33(5)6)51(63)67-43(47(59)55(39)13)29-37-21-17-15-18-22-37;1-33(2)25-41-49(59)65-45(29-39-21-17-15-18-22-39)47(57)55(13)44(28-36(7)8)52(62)64-38(10)32-54(12)42(26-34(3)4)50(60)66-46(30-40-23-19-16-20-24-40)48(58)56(14)43(27-35(5)6)51(61)63-37(9)31-53(41)11/h15-24,31-36,39-44H,25-30H2,1-14H3;15-24,33-38,41-46H,25-32H2,1-14H3/t35-,36-,39+,40+,41+,42+,43-,44-;37-,38-,41+,42+,43+,44+,45-,46-/m11/s1. The first kappa shape index (κ1) is 114. The molecule has 16 atom stereocenters. The van der Waals surface area contributed by atoms with Gasteiger partial charge in [-0.25, -0.2) is 28.8 Å². The van der Waals surface area contributed by atoms with Crippen molar-refractivity contribution in [2.75, 3.05) is 69.5 Å². The first-order valence-corrected chi connectivity index (χ1v) is 47.6. The Labute approximate surface area is 796 Å². The number of benzene rings is 4. The van der Waals surface area contributed by atoms with E-state index in [2.05, 4.69) is 0 Å². The second-order valence-corrected chi connectivity index (χ2v) is 39.9. The zero-order valence-electron chi connectivity index (χ0n) is 84.9. The third-order valence-corrected chi connectivity index (χ3v) is 23.9. The molecule has 4 aromatic rings. The SMILES string of the molecule is CC(C)C[C@H]1C(=O)O[C@H](Cc2ccccc2)C(=O)N(C)[C@@H](CC(C)C)C(=O)O[C@H](C)C(=O)N(C)[C@@H](CC(C)C)C(=O)O[C@H](Cc2ccccc2)C(=O)N(C)[C@@H](CC(C)C)C(=O)O[C@H](C)C(=O)N1C.CC(C)C[C@H]1C(=O)O[C@H](Cc2ccccc2)C(=O)N(C)[C@@H](CC(C)C)C(=O)O[C@H](C)CN(C)[C@@H](CC(C)C)C(=O)O[C@H](Cc2ccccc2)C(=O)N(C)[C@@H](CC(C)C)C(=O)O[C@H](C)CN1C.